The summed E-state index contributed by atoms with van der Waals surface area (Å²) in [5.74, 6) is -0.113. The number of esters is 1. The molecule has 1 aromatic carbocycles. The first-order valence-corrected chi connectivity index (χ1v) is 11.5. The van der Waals surface area contributed by atoms with E-state index in [1.54, 1.807) is 45.9 Å². The lowest BCUT2D eigenvalue weighted by molar-refractivity contribution is -0.147. The lowest BCUT2D eigenvalue weighted by atomic mass is 10.3. The Bertz CT molecular complexity index is 1010. The van der Waals surface area contributed by atoms with Crippen molar-refractivity contribution in [2.45, 2.75) is 51.5 Å². The molecule has 0 saturated heterocycles. The smallest absolute Gasteiger partial charge is 0.325 e. The number of carbonyl (C=O) groups is 2. The number of nitrogens with zero attached hydrogens (tertiary/aromatic N) is 3. The number of sulfonamides is 1. The van der Waals surface area contributed by atoms with Crippen molar-refractivity contribution in [2.75, 3.05) is 19.6 Å². The van der Waals surface area contributed by atoms with Crippen molar-refractivity contribution >= 4 is 32.9 Å². The Morgan fingerprint density at radius 3 is 2.50 bits per heavy atom. The minimum atomic E-state index is -3.57. The molecule has 9 nitrogen and oxygen atoms in total. The van der Waals surface area contributed by atoms with Gasteiger partial charge in [0.2, 0.25) is 15.9 Å². The van der Waals surface area contributed by atoms with Crippen LogP contribution in [-0.4, -0.2) is 59.9 Å². The minimum Gasteiger partial charge on any atom is -0.462 e. The fraction of sp³-hybridized carbons (Fsp3) is 0.550. The number of aryl methyl sites for hydroxylation is 2. The van der Waals surface area contributed by atoms with Crippen molar-refractivity contribution in [1.82, 2.24) is 19.2 Å². The molecule has 1 heterocycles. The summed E-state index contributed by atoms with van der Waals surface area (Å²) >= 11 is 0. The zero-order valence-corrected chi connectivity index (χ0v) is 19.0. The number of carbonyl (C=O) groups excluding carboxylic acids is 2. The third-order valence-electron chi connectivity index (χ3n) is 4.66. The van der Waals surface area contributed by atoms with E-state index in [-0.39, 0.29) is 29.9 Å². The molecular formula is C20H30N4O5S. The fourth-order valence-electron chi connectivity index (χ4n) is 3.12. The van der Waals surface area contributed by atoms with Gasteiger partial charge in [0.05, 0.1) is 22.0 Å². The van der Waals surface area contributed by atoms with Crippen molar-refractivity contribution < 1.29 is 22.7 Å². The fourth-order valence-corrected chi connectivity index (χ4v) is 4.59. The molecule has 166 valence electrons. The molecule has 0 aliphatic heterocycles. The second kappa shape index (κ2) is 10.0. The van der Waals surface area contributed by atoms with Gasteiger partial charge in [-0.2, -0.15) is 4.31 Å². The van der Waals surface area contributed by atoms with Crippen molar-refractivity contribution in [3.05, 3.63) is 24.0 Å². The zero-order chi connectivity index (χ0) is 22.5. The van der Waals surface area contributed by atoms with Crippen LogP contribution >= 0.6 is 0 Å². The summed E-state index contributed by atoms with van der Waals surface area (Å²) in [4.78, 5) is 28.2. The van der Waals surface area contributed by atoms with Gasteiger partial charge in [0.15, 0.2) is 0 Å². The Morgan fingerprint density at radius 1 is 1.23 bits per heavy atom. The highest BCUT2D eigenvalue weighted by Crippen LogP contribution is 2.22. The first kappa shape index (κ1) is 23.8. The number of hydrogen-bond donors (Lipinski definition) is 1. The van der Waals surface area contributed by atoms with Crippen LogP contribution < -0.4 is 5.32 Å². The van der Waals surface area contributed by atoms with Crippen LogP contribution in [-0.2, 0) is 37.8 Å². The van der Waals surface area contributed by atoms with Crippen LogP contribution in [0.4, 0.5) is 0 Å². The molecule has 0 atom stereocenters. The van der Waals surface area contributed by atoms with Crippen LogP contribution in [0.1, 0.15) is 39.9 Å². The van der Waals surface area contributed by atoms with Gasteiger partial charge in [-0.1, -0.05) is 13.8 Å². The lowest BCUT2D eigenvalue weighted by Crippen LogP contribution is -2.31. The van der Waals surface area contributed by atoms with Crippen molar-refractivity contribution in [2.24, 2.45) is 7.05 Å². The number of rotatable bonds is 10. The summed E-state index contributed by atoms with van der Waals surface area (Å²) < 4.78 is 33.7. The second-order valence-electron chi connectivity index (χ2n) is 7.14. The van der Waals surface area contributed by atoms with Gasteiger partial charge in [0.1, 0.15) is 12.4 Å². The maximum absolute atomic E-state index is 12.7. The molecule has 30 heavy (non-hydrogen) atoms. The molecule has 0 aliphatic rings. The van der Waals surface area contributed by atoms with Gasteiger partial charge in [-0.05, 0) is 32.0 Å². The summed E-state index contributed by atoms with van der Waals surface area (Å²) in [6.07, 6.45) is 0.273. The summed E-state index contributed by atoms with van der Waals surface area (Å²) in [6.45, 7) is 7.69. The first-order chi connectivity index (χ1) is 14.1. The highest BCUT2D eigenvalue weighted by atomic mass is 32.2. The third kappa shape index (κ3) is 5.57. The third-order valence-corrected chi connectivity index (χ3v) is 6.71. The summed E-state index contributed by atoms with van der Waals surface area (Å²) in [6, 6.07) is 4.87. The molecule has 1 aromatic heterocycles. The standard InChI is InChI=1S/C20H30N4O5S/c1-6-24(7-2)30(27,28)15-8-9-17-16(12-15)22-18(23(17)5)10-11-19(25)21-13-20(26)29-14(3)4/h8-9,12,14H,6-7,10-11,13H2,1-5H3,(H,21,25). The Hall–Kier alpha value is -2.46. The molecule has 1 amide bonds. The van der Waals surface area contributed by atoms with Gasteiger partial charge in [0.25, 0.3) is 0 Å². The van der Waals surface area contributed by atoms with Gasteiger partial charge < -0.3 is 14.6 Å². The van der Waals surface area contributed by atoms with Crippen LogP contribution in [0.2, 0.25) is 0 Å². The normalized spacial score (nSPS) is 12.0. The van der Waals surface area contributed by atoms with E-state index in [0.29, 0.717) is 30.9 Å². The van der Waals surface area contributed by atoms with Crippen LogP contribution in [0.5, 0.6) is 0 Å². The van der Waals surface area contributed by atoms with Gasteiger partial charge in [-0.3, -0.25) is 9.59 Å². The van der Waals surface area contributed by atoms with Crippen LogP contribution in [0.15, 0.2) is 23.1 Å². The molecule has 0 bridgehead atoms. The van der Waals surface area contributed by atoms with Crippen molar-refractivity contribution in [1.29, 1.82) is 0 Å². The average molecular weight is 439 g/mol. The van der Waals surface area contributed by atoms with Crippen molar-refractivity contribution in [3.8, 4) is 0 Å². The van der Waals surface area contributed by atoms with Crippen LogP contribution in [0, 0.1) is 0 Å². The predicted molar refractivity (Wildman–Crippen MR) is 113 cm³/mol. The number of amides is 1. The Labute approximate surface area is 177 Å². The zero-order valence-electron chi connectivity index (χ0n) is 18.1. The van der Waals surface area contributed by atoms with Gasteiger partial charge in [-0.15, -0.1) is 0 Å². The van der Waals surface area contributed by atoms with E-state index < -0.39 is 16.0 Å². The monoisotopic (exact) mass is 438 g/mol. The molecule has 1 N–H and O–H groups in total. The Morgan fingerprint density at radius 2 is 1.90 bits per heavy atom. The van der Waals surface area contributed by atoms with Crippen molar-refractivity contribution in [3.63, 3.8) is 0 Å². The molecule has 0 radical (unpaired) electrons. The van der Waals surface area contributed by atoms with Gasteiger partial charge >= 0.3 is 5.97 Å². The van der Waals surface area contributed by atoms with Crippen LogP contribution in [0.25, 0.3) is 11.0 Å². The number of nitrogens with one attached hydrogen (secondary N) is 1. The summed E-state index contributed by atoms with van der Waals surface area (Å²) in [5, 5.41) is 2.53. The van der Waals surface area contributed by atoms with E-state index >= 15 is 0 Å². The Balaban J connectivity index is 2.10. The number of fused-ring (bicyclic) bond motifs is 1. The second-order valence-corrected chi connectivity index (χ2v) is 9.08. The van der Waals surface area contributed by atoms with E-state index in [1.807, 2.05) is 11.6 Å². The number of benzene rings is 1. The summed E-state index contributed by atoms with van der Waals surface area (Å²) in [5.41, 5.74) is 1.34. The van der Waals surface area contributed by atoms with E-state index in [9.17, 15) is 18.0 Å². The molecule has 10 heteroatoms. The number of imidazole rings is 1. The SMILES string of the molecule is CCN(CC)S(=O)(=O)c1ccc2c(c1)nc(CCC(=O)NCC(=O)OC(C)C)n2C. The predicted octanol–water partition coefficient (Wildman–Crippen LogP) is 1.60. The van der Waals surface area contributed by atoms with E-state index in [4.69, 9.17) is 4.74 Å². The maximum Gasteiger partial charge on any atom is 0.325 e. The highest BCUT2D eigenvalue weighted by Gasteiger charge is 2.22. The number of hydrogen-bond acceptors (Lipinski definition) is 6. The van der Waals surface area contributed by atoms with Crippen LogP contribution in [0.3, 0.4) is 0 Å². The van der Waals surface area contributed by atoms with E-state index in [0.717, 1.165) is 5.52 Å². The summed E-state index contributed by atoms with van der Waals surface area (Å²) in [7, 11) is -1.75. The first-order valence-electron chi connectivity index (χ1n) is 10.0. The highest BCUT2D eigenvalue weighted by molar-refractivity contribution is 7.89. The molecule has 0 aliphatic carbocycles. The Kier molecular flexibility index (Phi) is 7.96. The number of ether oxygens (including phenoxy) is 1. The van der Waals surface area contributed by atoms with Gasteiger partial charge in [0, 0.05) is 33.0 Å². The average Bonchev–Trinajstić information content (AvgIpc) is 3.00. The van der Waals surface area contributed by atoms with E-state index in [1.165, 1.54) is 4.31 Å². The molecule has 2 rings (SSSR count). The lowest BCUT2D eigenvalue weighted by Gasteiger charge is -2.18. The largest absolute Gasteiger partial charge is 0.462 e. The van der Waals surface area contributed by atoms with Gasteiger partial charge in [-0.25, -0.2) is 13.4 Å². The maximum atomic E-state index is 12.7. The molecule has 2 aromatic rings. The molecular weight excluding hydrogens is 408 g/mol. The molecule has 0 spiro atoms. The van der Waals surface area contributed by atoms with E-state index in [2.05, 4.69) is 10.3 Å². The topological polar surface area (TPSA) is 111 Å². The number of aromatic nitrogens is 2. The quantitative estimate of drug-likeness (QED) is 0.564. The molecule has 0 unspecified atom stereocenters. The molecule has 0 saturated carbocycles. The molecule has 0 fully saturated rings. The minimum absolute atomic E-state index is 0.150.